The van der Waals surface area contributed by atoms with E-state index in [1.165, 1.54) is 14.2 Å². The lowest BCUT2D eigenvalue weighted by atomic mass is 9.89. The molecule has 2 unspecified atom stereocenters. The lowest BCUT2D eigenvalue weighted by Crippen LogP contribution is -2.47. The second-order valence-electron chi connectivity index (χ2n) is 13.2. The van der Waals surface area contributed by atoms with Crippen molar-refractivity contribution in [1.29, 1.82) is 0 Å². The van der Waals surface area contributed by atoms with E-state index in [2.05, 4.69) is 19.2 Å². The van der Waals surface area contributed by atoms with Crippen molar-refractivity contribution in [3.8, 4) is 0 Å². The Hall–Kier alpha value is -3.37. The molecule has 0 spiro atoms. The molecule has 1 aliphatic rings. The number of unbranched alkanes of at least 4 members (excludes halogenated alkanes) is 8. The van der Waals surface area contributed by atoms with Gasteiger partial charge in [0.2, 0.25) is 23.1 Å². The Kier molecular flexibility index (Phi) is 19.7. The van der Waals surface area contributed by atoms with Crippen molar-refractivity contribution in [2.24, 2.45) is 5.92 Å². The number of esters is 2. The fourth-order valence-corrected chi connectivity index (χ4v) is 5.06. The van der Waals surface area contributed by atoms with Gasteiger partial charge in [-0.15, -0.1) is 0 Å². The molecule has 0 aromatic heterocycles. The maximum atomic E-state index is 12.8. The summed E-state index contributed by atoms with van der Waals surface area (Å²) in [6, 6.07) is -1.16. The molecular formula is C36H59NO10. The van der Waals surface area contributed by atoms with Crippen molar-refractivity contribution >= 4 is 29.6 Å². The Balaban J connectivity index is 2.35. The standard InChI is InChI=1S/C36H59NO10/c1-9-25(2)20-17-18-22-29(38)46-24-28(37-35(42)47-36(4,5)6)34(41)45-23-19-15-13-11-10-12-14-16-21-27-26(3)30(39)32(43-7)33(44-8)31(27)40/h25,28H,9-24H2,1-8H3,(H,37,42). The van der Waals surface area contributed by atoms with Gasteiger partial charge in [0.05, 0.1) is 20.8 Å². The summed E-state index contributed by atoms with van der Waals surface area (Å²) in [6.45, 7) is 11.0. The molecule has 0 radical (unpaired) electrons. The maximum Gasteiger partial charge on any atom is 0.408 e. The van der Waals surface area contributed by atoms with E-state index in [1.807, 2.05) is 0 Å². The molecule has 268 valence electrons. The van der Waals surface area contributed by atoms with Gasteiger partial charge in [-0.1, -0.05) is 71.6 Å². The van der Waals surface area contributed by atoms with E-state index < -0.39 is 29.7 Å². The topological polar surface area (TPSA) is 144 Å². The molecule has 0 aromatic rings. The molecule has 11 nitrogen and oxygen atoms in total. The molecule has 1 rings (SSSR count). The van der Waals surface area contributed by atoms with Gasteiger partial charge in [0, 0.05) is 17.6 Å². The van der Waals surface area contributed by atoms with Gasteiger partial charge in [-0.3, -0.25) is 14.4 Å². The predicted molar refractivity (Wildman–Crippen MR) is 178 cm³/mol. The van der Waals surface area contributed by atoms with Crippen LogP contribution in [-0.4, -0.2) is 68.7 Å². The summed E-state index contributed by atoms with van der Waals surface area (Å²) in [4.78, 5) is 62.5. The number of alkyl carbamates (subject to hydrolysis) is 1. The molecule has 1 N–H and O–H groups in total. The fraction of sp³-hybridized carbons (Fsp3) is 0.750. The predicted octanol–water partition coefficient (Wildman–Crippen LogP) is 7.06. The lowest BCUT2D eigenvalue weighted by Gasteiger charge is -2.23. The van der Waals surface area contributed by atoms with Crippen molar-refractivity contribution in [3.63, 3.8) is 0 Å². The normalized spacial score (nSPS) is 14.9. The third kappa shape index (κ3) is 16.3. The Morgan fingerprint density at radius 1 is 0.787 bits per heavy atom. The van der Waals surface area contributed by atoms with Gasteiger partial charge in [0.1, 0.15) is 12.2 Å². The first-order chi connectivity index (χ1) is 22.2. The van der Waals surface area contributed by atoms with Crippen molar-refractivity contribution in [2.45, 2.75) is 143 Å². The molecule has 0 fully saturated rings. The zero-order chi connectivity index (χ0) is 35.4. The summed E-state index contributed by atoms with van der Waals surface area (Å²) >= 11 is 0. The van der Waals surface area contributed by atoms with Gasteiger partial charge in [-0.2, -0.15) is 0 Å². The Labute approximate surface area is 281 Å². The monoisotopic (exact) mass is 665 g/mol. The third-order valence-electron chi connectivity index (χ3n) is 8.07. The van der Waals surface area contributed by atoms with Crippen LogP contribution in [0.25, 0.3) is 0 Å². The number of nitrogens with one attached hydrogen (secondary N) is 1. The smallest absolute Gasteiger partial charge is 0.408 e. The number of ketones is 2. The van der Waals surface area contributed by atoms with E-state index >= 15 is 0 Å². The van der Waals surface area contributed by atoms with E-state index in [0.717, 1.165) is 64.2 Å². The molecule has 0 bridgehead atoms. The summed E-state index contributed by atoms with van der Waals surface area (Å²) < 4.78 is 26.2. The van der Waals surface area contributed by atoms with Gasteiger partial charge >= 0.3 is 18.0 Å². The van der Waals surface area contributed by atoms with Crippen molar-refractivity contribution in [1.82, 2.24) is 5.32 Å². The second kappa shape index (κ2) is 22.2. The molecule has 47 heavy (non-hydrogen) atoms. The number of amides is 1. The average molecular weight is 666 g/mol. The van der Waals surface area contributed by atoms with E-state index in [9.17, 15) is 24.0 Å². The minimum absolute atomic E-state index is 0.0275. The highest BCUT2D eigenvalue weighted by atomic mass is 16.6. The van der Waals surface area contributed by atoms with Gasteiger partial charge in [-0.25, -0.2) is 9.59 Å². The van der Waals surface area contributed by atoms with Gasteiger partial charge in [0.15, 0.2) is 6.04 Å². The van der Waals surface area contributed by atoms with Gasteiger partial charge in [0.25, 0.3) is 0 Å². The highest BCUT2D eigenvalue weighted by Gasteiger charge is 2.34. The first kappa shape index (κ1) is 41.7. The molecule has 0 saturated carbocycles. The first-order valence-corrected chi connectivity index (χ1v) is 17.2. The zero-order valence-corrected chi connectivity index (χ0v) is 30.1. The van der Waals surface area contributed by atoms with Crippen LogP contribution in [0.3, 0.4) is 0 Å². The summed E-state index contributed by atoms with van der Waals surface area (Å²) in [5.74, 6) is -1.12. The van der Waals surface area contributed by atoms with Gasteiger partial charge < -0.3 is 29.0 Å². The zero-order valence-electron chi connectivity index (χ0n) is 30.1. The van der Waals surface area contributed by atoms with Gasteiger partial charge in [-0.05, 0) is 59.3 Å². The summed E-state index contributed by atoms with van der Waals surface area (Å²) in [7, 11) is 2.71. The quantitative estimate of drug-likeness (QED) is 0.0521. The molecule has 1 aliphatic carbocycles. The minimum Gasteiger partial charge on any atom is -0.489 e. The summed E-state index contributed by atoms with van der Waals surface area (Å²) in [5, 5.41) is 2.48. The van der Waals surface area contributed by atoms with Crippen LogP contribution in [0.5, 0.6) is 0 Å². The Morgan fingerprint density at radius 3 is 1.94 bits per heavy atom. The lowest BCUT2D eigenvalue weighted by molar-refractivity contribution is -0.152. The van der Waals surface area contributed by atoms with Crippen molar-refractivity contribution < 1.29 is 47.7 Å². The van der Waals surface area contributed by atoms with Crippen LogP contribution in [0.4, 0.5) is 4.79 Å². The number of carbonyl (C=O) groups excluding carboxylic acids is 5. The number of rotatable bonds is 23. The number of hydrogen-bond donors (Lipinski definition) is 1. The number of allylic oxidation sites excluding steroid dienone is 2. The highest BCUT2D eigenvalue weighted by Crippen LogP contribution is 2.29. The SMILES string of the molecule is CCC(C)CCCCC(=O)OCC(NC(=O)OC(C)(C)C)C(=O)OCCCCCCCCCCC1=C(C)C(=O)C(OC)=C(OC)C1=O. The van der Waals surface area contributed by atoms with Crippen LogP contribution in [0.2, 0.25) is 0 Å². The van der Waals surface area contributed by atoms with Crippen molar-refractivity contribution in [2.75, 3.05) is 27.4 Å². The molecule has 0 heterocycles. The average Bonchev–Trinajstić information content (AvgIpc) is 3.01. The number of Topliss-reactive ketones (excluding diaryl/α,β-unsaturated/α-hetero) is 2. The van der Waals surface area contributed by atoms with Crippen LogP contribution in [0, 0.1) is 5.92 Å². The summed E-state index contributed by atoms with van der Waals surface area (Å²) in [6.07, 6.45) is 11.1. The Bertz CT molecular complexity index is 1100. The molecule has 0 aliphatic heterocycles. The largest absolute Gasteiger partial charge is 0.489 e. The van der Waals surface area contributed by atoms with Crippen molar-refractivity contribution in [3.05, 3.63) is 22.7 Å². The van der Waals surface area contributed by atoms with E-state index in [-0.39, 0.29) is 42.7 Å². The van der Waals surface area contributed by atoms with Crippen LogP contribution in [0.15, 0.2) is 22.7 Å². The summed E-state index contributed by atoms with van der Waals surface area (Å²) in [5.41, 5.74) is 0.164. The molecule has 0 aromatic carbocycles. The second-order valence-corrected chi connectivity index (χ2v) is 13.2. The van der Waals surface area contributed by atoms with Crippen LogP contribution in [-0.2, 0) is 42.9 Å². The highest BCUT2D eigenvalue weighted by molar-refractivity contribution is 6.23. The molecule has 1 amide bonds. The third-order valence-corrected chi connectivity index (χ3v) is 8.07. The fourth-order valence-electron chi connectivity index (χ4n) is 5.06. The Morgan fingerprint density at radius 2 is 1.36 bits per heavy atom. The molecular weight excluding hydrogens is 606 g/mol. The number of carbonyl (C=O) groups is 5. The molecule has 2 atom stereocenters. The molecule has 0 saturated heterocycles. The van der Waals surface area contributed by atoms with Crippen LogP contribution >= 0.6 is 0 Å². The van der Waals surface area contributed by atoms with Crippen LogP contribution < -0.4 is 5.32 Å². The molecule has 11 heteroatoms. The van der Waals surface area contributed by atoms with E-state index in [1.54, 1.807) is 27.7 Å². The number of methoxy groups -OCH3 is 2. The number of ether oxygens (including phenoxy) is 5. The minimum atomic E-state index is -1.16. The van der Waals surface area contributed by atoms with Crippen LogP contribution in [0.1, 0.15) is 131 Å². The van der Waals surface area contributed by atoms with E-state index in [4.69, 9.17) is 23.7 Å². The first-order valence-electron chi connectivity index (χ1n) is 17.2. The van der Waals surface area contributed by atoms with E-state index in [0.29, 0.717) is 36.3 Å². The maximum absolute atomic E-state index is 12.8. The number of hydrogen-bond acceptors (Lipinski definition) is 10.